The van der Waals surface area contributed by atoms with E-state index in [9.17, 15) is 0 Å². The highest BCUT2D eigenvalue weighted by Crippen LogP contribution is 2.39. The van der Waals surface area contributed by atoms with Gasteiger partial charge in [0.05, 0.1) is 0 Å². The zero-order chi connectivity index (χ0) is 13.3. The molecule has 0 bridgehead atoms. The summed E-state index contributed by atoms with van der Waals surface area (Å²) in [4.78, 5) is 8.18. The maximum Gasteiger partial charge on any atom is 0.225 e. The number of nitrogens with zero attached hydrogens (tertiary/aromatic N) is 2. The van der Waals surface area contributed by atoms with E-state index in [1.165, 1.54) is 6.42 Å². The van der Waals surface area contributed by atoms with Crippen LogP contribution in [0.4, 0.5) is 0 Å². The highest BCUT2D eigenvalue weighted by Gasteiger charge is 2.33. The van der Waals surface area contributed by atoms with Crippen LogP contribution >= 0.6 is 11.6 Å². The van der Waals surface area contributed by atoms with Crippen LogP contribution in [0.1, 0.15) is 45.7 Å². The number of aromatic nitrogens is 2. The zero-order valence-corrected chi connectivity index (χ0v) is 12.3. The van der Waals surface area contributed by atoms with Crippen LogP contribution in [0.15, 0.2) is 6.07 Å². The van der Waals surface area contributed by atoms with Crippen molar-refractivity contribution in [2.75, 3.05) is 0 Å². The van der Waals surface area contributed by atoms with Crippen molar-refractivity contribution < 1.29 is 4.74 Å². The number of halogens is 1. The summed E-state index contributed by atoms with van der Waals surface area (Å²) in [5, 5.41) is 0.258. The van der Waals surface area contributed by atoms with E-state index in [1.54, 1.807) is 0 Å². The lowest BCUT2D eigenvalue weighted by Gasteiger charge is -2.38. The predicted octanol–water partition coefficient (Wildman–Crippen LogP) is 4.03. The lowest BCUT2D eigenvalue weighted by molar-refractivity contribution is 0.0531. The van der Waals surface area contributed by atoms with E-state index in [-0.39, 0.29) is 11.4 Å². The van der Waals surface area contributed by atoms with Crippen LogP contribution in [0.3, 0.4) is 0 Å². The fourth-order valence-electron chi connectivity index (χ4n) is 3.08. The molecular formula is C14H21ClN2O. The average molecular weight is 269 g/mol. The van der Waals surface area contributed by atoms with Crippen LogP contribution in [0.25, 0.3) is 0 Å². The monoisotopic (exact) mass is 268 g/mol. The maximum atomic E-state index is 5.99. The topological polar surface area (TPSA) is 35.0 Å². The summed E-state index contributed by atoms with van der Waals surface area (Å²) in [6.07, 6.45) is 3.65. The average Bonchev–Trinajstić information content (AvgIpc) is 2.10. The van der Waals surface area contributed by atoms with Gasteiger partial charge in [0, 0.05) is 11.8 Å². The van der Waals surface area contributed by atoms with Crippen molar-refractivity contribution in [1.82, 2.24) is 9.97 Å². The molecule has 1 aromatic heterocycles. The number of hydrogen-bond donors (Lipinski definition) is 0. The van der Waals surface area contributed by atoms with Crippen molar-refractivity contribution in [2.24, 2.45) is 11.3 Å². The first-order valence-electron chi connectivity index (χ1n) is 6.52. The van der Waals surface area contributed by atoms with Crippen molar-refractivity contribution >= 4 is 11.6 Å². The quantitative estimate of drug-likeness (QED) is 0.760. The summed E-state index contributed by atoms with van der Waals surface area (Å²) < 4.78 is 5.99. The minimum absolute atomic E-state index is 0.231. The molecule has 1 fully saturated rings. The third kappa shape index (κ3) is 3.58. The number of rotatable bonds is 2. The fraction of sp³-hybridized carbons (Fsp3) is 0.714. The minimum Gasteiger partial charge on any atom is -0.474 e. The Morgan fingerprint density at radius 3 is 2.67 bits per heavy atom. The van der Waals surface area contributed by atoms with Gasteiger partial charge in [-0.15, -0.1) is 0 Å². The molecule has 0 spiro atoms. The fourth-order valence-corrected chi connectivity index (χ4v) is 3.30. The summed E-state index contributed by atoms with van der Waals surface area (Å²) in [6.45, 7) is 8.79. The molecule has 2 rings (SSSR count). The van der Waals surface area contributed by atoms with Gasteiger partial charge in [0.25, 0.3) is 0 Å². The largest absolute Gasteiger partial charge is 0.474 e. The summed E-state index contributed by atoms with van der Waals surface area (Å²) in [7, 11) is 0. The van der Waals surface area contributed by atoms with Gasteiger partial charge in [-0.25, -0.2) is 4.98 Å². The van der Waals surface area contributed by atoms with E-state index in [0.717, 1.165) is 18.5 Å². The van der Waals surface area contributed by atoms with Gasteiger partial charge in [0.2, 0.25) is 11.2 Å². The molecule has 1 aliphatic carbocycles. The van der Waals surface area contributed by atoms with Crippen LogP contribution in [-0.2, 0) is 0 Å². The Morgan fingerprint density at radius 2 is 2.06 bits per heavy atom. The summed E-state index contributed by atoms with van der Waals surface area (Å²) in [5.41, 5.74) is 1.18. The molecule has 0 saturated heterocycles. The molecule has 2 unspecified atom stereocenters. The van der Waals surface area contributed by atoms with Gasteiger partial charge in [-0.3, -0.25) is 0 Å². The molecular weight excluding hydrogens is 248 g/mol. The lowest BCUT2D eigenvalue weighted by atomic mass is 9.71. The van der Waals surface area contributed by atoms with Crippen LogP contribution in [0.2, 0.25) is 5.28 Å². The number of hydrogen-bond acceptors (Lipinski definition) is 3. The van der Waals surface area contributed by atoms with Crippen LogP contribution < -0.4 is 4.74 Å². The van der Waals surface area contributed by atoms with Crippen molar-refractivity contribution in [2.45, 2.75) is 53.1 Å². The van der Waals surface area contributed by atoms with E-state index in [2.05, 4.69) is 30.7 Å². The van der Waals surface area contributed by atoms with Crippen molar-refractivity contribution in [3.8, 4) is 5.88 Å². The second kappa shape index (κ2) is 5.04. The highest BCUT2D eigenvalue weighted by molar-refractivity contribution is 6.28. The SMILES string of the molecule is Cc1cc(OC2CC(C)CC(C)(C)C2)nc(Cl)n1. The number of ether oxygens (including phenoxy) is 1. The van der Waals surface area contributed by atoms with Gasteiger partial charge in [0.15, 0.2) is 0 Å². The Morgan fingerprint density at radius 1 is 1.33 bits per heavy atom. The molecule has 2 atom stereocenters. The summed E-state index contributed by atoms with van der Waals surface area (Å²) in [5.74, 6) is 1.29. The van der Waals surface area contributed by atoms with E-state index < -0.39 is 0 Å². The smallest absolute Gasteiger partial charge is 0.225 e. The Labute approximate surface area is 114 Å². The molecule has 0 aromatic carbocycles. The summed E-state index contributed by atoms with van der Waals surface area (Å²) >= 11 is 5.85. The Balaban J connectivity index is 2.08. The molecule has 0 amide bonds. The summed E-state index contributed by atoms with van der Waals surface area (Å²) in [6, 6.07) is 1.85. The van der Waals surface area contributed by atoms with Crippen molar-refractivity contribution in [3.63, 3.8) is 0 Å². The molecule has 1 aromatic rings. The van der Waals surface area contributed by atoms with Crippen LogP contribution in [-0.4, -0.2) is 16.1 Å². The first-order chi connectivity index (χ1) is 8.34. The van der Waals surface area contributed by atoms with Crippen molar-refractivity contribution in [1.29, 1.82) is 0 Å². The highest BCUT2D eigenvalue weighted by atomic mass is 35.5. The molecule has 4 heteroatoms. The van der Waals surface area contributed by atoms with E-state index in [1.807, 2.05) is 13.0 Å². The van der Waals surface area contributed by atoms with Gasteiger partial charge in [-0.2, -0.15) is 4.98 Å². The van der Waals surface area contributed by atoms with Crippen LogP contribution in [0, 0.1) is 18.3 Å². The molecule has 3 nitrogen and oxygen atoms in total. The standard InChI is InChI=1S/C14H21ClN2O/c1-9-5-11(8-14(3,4)7-9)18-12-6-10(2)16-13(15)17-12/h6,9,11H,5,7-8H2,1-4H3. The van der Waals surface area contributed by atoms with E-state index in [4.69, 9.17) is 16.3 Å². The first kappa shape index (κ1) is 13.6. The van der Waals surface area contributed by atoms with Gasteiger partial charge < -0.3 is 4.74 Å². The van der Waals surface area contributed by atoms with Crippen molar-refractivity contribution in [3.05, 3.63) is 17.0 Å². The molecule has 1 heterocycles. The molecule has 0 N–H and O–H groups in total. The lowest BCUT2D eigenvalue weighted by Crippen LogP contribution is -2.34. The normalized spacial score (nSPS) is 26.9. The molecule has 18 heavy (non-hydrogen) atoms. The van der Waals surface area contributed by atoms with E-state index >= 15 is 0 Å². The molecule has 0 aliphatic heterocycles. The molecule has 1 saturated carbocycles. The Bertz CT molecular complexity index is 414. The molecule has 100 valence electrons. The number of aryl methyl sites for hydroxylation is 1. The first-order valence-corrected chi connectivity index (χ1v) is 6.90. The molecule has 1 aliphatic rings. The van der Waals surface area contributed by atoms with Gasteiger partial charge in [-0.05, 0) is 49.1 Å². The predicted molar refractivity (Wildman–Crippen MR) is 73.0 cm³/mol. The van der Waals surface area contributed by atoms with E-state index in [0.29, 0.717) is 17.2 Å². The maximum absolute atomic E-state index is 5.99. The third-order valence-corrected chi connectivity index (χ3v) is 3.61. The van der Waals surface area contributed by atoms with Gasteiger partial charge in [-0.1, -0.05) is 20.8 Å². The Hall–Kier alpha value is -0.830. The third-order valence-electron chi connectivity index (χ3n) is 3.44. The Kier molecular flexibility index (Phi) is 3.81. The van der Waals surface area contributed by atoms with Gasteiger partial charge in [0.1, 0.15) is 6.10 Å². The van der Waals surface area contributed by atoms with Gasteiger partial charge >= 0.3 is 0 Å². The minimum atomic E-state index is 0.231. The second-order valence-electron chi connectivity index (χ2n) is 6.27. The van der Waals surface area contributed by atoms with Crippen LogP contribution in [0.5, 0.6) is 5.88 Å². The zero-order valence-electron chi connectivity index (χ0n) is 11.5. The molecule has 0 radical (unpaired) electrons. The second-order valence-corrected chi connectivity index (χ2v) is 6.61.